The molecule has 0 aliphatic heterocycles. The second-order valence-corrected chi connectivity index (χ2v) is 7.24. The molecule has 2 aromatic carbocycles. The van der Waals surface area contributed by atoms with Gasteiger partial charge in [-0.05, 0) is 62.4 Å². The molecule has 2 N–H and O–H groups in total. The van der Waals surface area contributed by atoms with Crippen LogP contribution in [0.3, 0.4) is 0 Å². The first-order chi connectivity index (χ1) is 13.1. The van der Waals surface area contributed by atoms with Gasteiger partial charge in [0.25, 0.3) is 0 Å². The van der Waals surface area contributed by atoms with Gasteiger partial charge in [-0.15, -0.1) is 0 Å². The van der Waals surface area contributed by atoms with Gasteiger partial charge in [0.05, 0.1) is 17.8 Å². The van der Waals surface area contributed by atoms with Gasteiger partial charge < -0.3 is 10.5 Å². The lowest BCUT2D eigenvalue weighted by Gasteiger charge is -2.08. The van der Waals surface area contributed by atoms with Crippen LogP contribution in [0.25, 0.3) is 10.9 Å². The first-order valence-corrected chi connectivity index (χ1v) is 9.84. The SMILES string of the molecule is Cc1cc(C)cc(OCCCCCCCc2nc(N)nc3ccccc23)c1. The highest BCUT2D eigenvalue weighted by atomic mass is 16.5. The Hall–Kier alpha value is -2.62. The van der Waals surface area contributed by atoms with Crippen LogP contribution in [0.15, 0.2) is 42.5 Å². The molecule has 1 aromatic heterocycles. The molecular formula is C23H29N3O. The fourth-order valence-electron chi connectivity index (χ4n) is 3.48. The minimum Gasteiger partial charge on any atom is -0.494 e. The van der Waals surface area contributed by atoms with E-state index in [2.05, 4.69) is 48.1 Å². The summed E-state index contributed by atoms with van der Waals surface area (Å²) >= 11 is 0. The van der Waals surface area contributed by atoms with Crippen molar-refractivity contribution in [1.82, 2.24) is 9.97 Å². The number of aryl methyl sites for hydroxylation is 3. The van der Waals surface area contributed by atoms with Gasteiger partial charge in [0.15, 0.2) is 0 Å². The van der Waals surface area contributed by atoms with Gasteiger partial charge in [-0.2, -0.15) is 0 Å². The first-order valence-electron chi connectivity index (χ1n) is 9.84. The monoisotopic (exact) mass is 363 g/mol. The van der Waals surface area contributed by atoms with Crippen LogP contribution in [0.1, 0.15) is 48.9 Å². The van der Waals surface area contributed by atoms with E-state index in [0.717, 1.165) is 48.2 Å². The van der Waals surface area contributed by atoms with Crippen LogP contribution in [-0.2, 0) is 6.42 Å². The molecule has 0 atom stereocenters. The Morgan fingerprint density at radius 1 is 0.852 bits per heavy atom. The molecule has 0 amide bonds. The largest absolute Gasteiger partial charge is 0.494 e. The molecule has 0 fully saturated rings. The number of nitrogens with zero attached hydrogens (tertiary/aromatic N) is 2. The van der Waals surface area contributed by atoms with E-state index in [0.29, 0.717) is 5.95 Å². The van der Waals surface area contributed by atoms with Crippen LogP contribution in [-0.4, -0.2) is 16.6 Å². The van der Waals surface area contributed by atoms with Gasteiger partial charge in [0.2, 0.25) is 5.95 Å². The van der Waals surface area contributed by atoms with E-state index in [-0.39, 0.29) is 0 Å². The molecule has 0 saturated heterocycles. The van der Waals surface area contributed by atoms with Crippen molar-refractivity contribution in [3.05, 3.63) is 59.3 Å². The topological polar surface area (TPSA) is 61.0 Å². The number of hydrogen-bond acceptors (Lipinski definition) is 4. The molecule has 0 spiro atoms. The van der Waals surface area contributed by atoms with Crippen molar-refractivity contribution in [2.24, 2.45) is 0 Å². The van der Waals surface area contributed by atoms with Crippen LogP contribution >= 0.6 is 0 Å². The number of ether oxygens (including phenoxy) is 1. The second kappa shape index (κ2) is 9.36. The van der Waals surface area contributed by atoms with E-state index < -0.39 is 0 Å². The zero-order valence-corrected chi connectivity index (χ0v) is 16.4. The van der Waals surface area contributed by atoms with Gasteiger partial charge in [0.1, 0.15) is 5.75 Å². The number of hydrogen-bond donors (Lipinski definition) is 1. The average molecular weight is 364 g/mol. The molecule has 3 rings (SSSR count). The molecule has 4 heteroatoms. The standard InChI is InChI=1S/C23H29N3O/c1-17-14-18(2)16-19(15-17)27-13-9-5-3-4-6-11-21-20-10-7-8-12-22(20)26-23(24)25-21/h7-8,10,12,14-16H,3-6,9,11,13H2,1-2H3,(H2,24,25,26). The number of nitrogen functional groups attached to an aromatic ring is 1. The summed E-state index contributed by atoms with van der Waals surface area (Å²) in [6, 6.07) is 14.5. The number of anilines is 1. The Balaban J connectivity index is 1.35. The van der Waals surface area contributed by atoms with Crippen molar-refractivity contribution in [1.29, 1.82) is 0 Å². The Labute approximate surface area is 161 Å². The van der Waals surface area contributed by atoms with Crippen LogP contribution in [0.2, 0.25) is 0 Å². The highest BCUT2D eigenvalue weighted by molar-refractivity contribution is 5.81. The molecular weight excluding hydrogens is 334 g/mol. The number of fused-ring (bicyclic) bond motifs is 1. The van der Waals surface area contributed by atoms with Crippen LogP contribution in [0, 0.1) is 13.8 Å². The van der Waals surface area contributed by atoms with Crippen LogP contribution < -0.4 is 10.5 Å². The minimum atomic E-state index is 0.368. The summed E-state index contributed by atoms with van der Waals surface area (Å²) in [6.45, 7) is 5.00. The molecule has 3 aromatic rings. The van der Waals surface area contributed by atoms with E-state index in [9.17, 15) is 0 Å². The molecule has 27 heavy (non-hydrogen) atoms. The van der Waals surface area contributed by atoms with Crippen molar-refractivity contribution < 1.29 is 4.74 Å². The van der Waals surface area contributed by atoms with E-state index >= 15 is 0 Å². The van der Waals surface area contributed by atoms with Crippen LogP contribution in [0.4, 0.5) is 5.95 Å². The van der Waals surface area contributed by atoms with E-state index in [4.69, 9.17) is 10.5 Å². The Morgan fingerprint density at radius 3 is 2.37 bits per heavy atom. The van der Waals surface area contributed by atoms with Gasteiger partial charge >= 0.3 is 0 Å². The predicted octanol–water partition coefficient (Wildman–Crippen LogP) is 5.40. The zero-order chi connectivity index (χ0) is 19.1. The number of rotatable bonds is 9. The lowest BCUT2D eigenvalue weighted by atomic mass is 10.1. The highest BCUT2D eigenvalue weighted by Gasteiger charge is 2.05. The van der Waals surface area contributed by atoms with Gasteiger partial charge in [-0.1, -0.05) is 43.5 Å². The molecule has 0 aliphatic rings. The lowest BCUT2D eigenvalue weighted by molar-refractivity contribution is 0.304. The van der Waals surface area contributed by atoms with Gasteiger partial charge in [-0.3, -0.25) is 0 Å². The summed E-state index contributed by atoms with van der Waals surface area (Å²) < 4.78 is 5.87. The van der Waals surface area contributed by atoms with Gasteiger partial charge in [-0.25, -0.2) is 9.97 Å². The third-order valence-corrected chi connectivity index (χ3v) is 4.72. The number of unbranched alkanes of at least 4 members (excludes halogenated alkanes) is 4. The molecule has 0 saturated carbocycles. The maximum absolute atomic E-state index is 5.87. The summed E-state index contributed by atoms with van der Waals surface area (Å²) in [5, 5.41) is 1.12. The quantitative estimate of drug-likeness (QED) is 0.517. The van der Waals surface area contributed by atoms with Crippen molar-refractivity contribution in [2.45, 2.75) is 52.4 Å². The Bertz CT molecular complexity index is 872. The van der Waals surface area contributed by atoms with E-state index in [1.165, 1.54) is 30.4 Å². The van der Waals surface area contributed by atoms with E-state index in [1.54, 1.807) is 0 Å². The zero-order valence-electron chi connectivity index (χ0n) is 16.4. The molecule has 0 radical (unpaired) electrons. The maximum atomic E-state index is 5.87. The first kappa shape index (κ1) is 19.2. The van der Waals surface area contributed by atoms with Crippen molar-refractivity contribution in [3.8, 4) is 5.75 Å². The fraction of sp³-hybridized carbons (Fsp3) is 0.391. The number of nitrogens with two attached hydrogens (primary N) is 1. The van der Waals surface area contributed by atoms with Gasteiger partial charge in [0, 0.05) is 5.39 Å². The molecule has 0 bridgehead atoms. The summed E-state index contributed by atoms with van der Waals surface area (Å²) in [4.78, 5) is 8.75. The molecule has 142 valence electrons. The number of para-hydroxylation sites is 1. The average Bonchev–Trinajstić information content (AvgIpc) is 2.63. The van der Waals surface area contributed by atoms with Crippen molar-refractivity contribution in [2.75, 3.05) is 12.3 Å². The molecule has 1 heterocycles. The summed E-state index contributed by atoms with van der Waals surface area (Å²) in [7, 11) is 0. The third-order valence-electron chi connectivity index (χ3n) is 4.72. The predicted molar refractivity (Wildman–Crippen MR) is 112 cm³/mol. The van der Waals surface area contributed by atoms with E-state index in [1.807, 2.05) is 18.2 Å². The third kappa shape index (κ3) is 5.68. The Kier molecular flexibility index (Phi) is 6.64. The lowest BCUT2D eigenvalue weighted by Crippen LogP contribution is -2.01. The highest BCUT2D eigenvalue weighted by Crippen LogP contribution is 2.19. The summed E-state index contributed by atoms with van der Waals surface area (Å²) in [5.74, 6) is 1.35. The molecule has 0 aliphatic carbocycles. The number of aromatic nitrogens is 2. The maximum Gasteiger partial charge on any atom is 0.220 e. The van der Waals surface area contributed by atoms with Crippen molar-refractivity contribution in [3.63, 3.8) is 0 Å². The fourth-order valence-corrected chi connectivity index (χ4v) is 3.48. The normalized spacial score (nSPS) is 11.0. The smallest absolute Gasteiger partial charge is 0.220 e. The molecule has 4 nitrogen and oxygen atoms in total. The second-order valence-electron chi connectivity index (χ2n) is 7.24. The Morgan fingerprint density at radius 2 is 1.56 bits per heavy atom. The summed E-state index contributed by atoms with van der Waals surface area (Å²) in [6.07, 6.45) is 6.77. The number of benzene rings is 2. The van der Waals surface area contributed by atoms with Crippen molar-refractivity contribution >= 4 is 16.9 Å². The van der Waals surface area contributed by atoms with Crippen LogP contribution in [0.5, 0.6) is 5.75 Å². The minimum absolute atomic E-state index is 0.368. The molecule has 0 unspecified atom stereocenters. The summed E-state index contributed by atoms with van der Waals surface area (Å²) in [5.41, 5.74) is 10.3.